The summed E-state index contributed by atoms with van der Waals surface area (Å²) in [6.07, 6.45) is -0.786. The number of alkyl halides is 4. The highest BCUT2D eigenvalue weighted by Gasteiger charge is 2.35. The van der Waals surface area contributed by atoms with Crippen LogP contribution in [0.3, 0.4) is 0 Å². The molecule has 2 unspecified atom stereocenters. The van der Waals surface area contributed by atoms with Gasteiger partial charge in [-0.1, -0.05) is 17.7 Å². The van der Waals surface area contributed by atoms with Crippen molar-refractivity contribution < 1.29 is 27.5 Å². The van der Waals surface area contributed by atoms with E-state index in [1.54, 1.807) is 19.1 Å². The van der Waals surface area contributed by atoms with Gasteiger partial charge in [-0.15, -0.1) is 11.6 Å². The second-order valence-electron chi connectivity index (χ2n) is 8.90. The first-order valence-corrected chi connectivity index (χ1v) is 11.9. The molecule has 0 fully saturated rings. The van der Waals surface area contributed by atoms with Gasteiger partial charge in [-0.3, -0.25) is 9.59 Å². The summed E-state index contributed by atoms with van der Waals surface area (Å²) in [6.45, 7) is 3.70. The summed E-state index contributed by atoms with van der Waals surface area (Å²) in [6, 6.07) is 6.32. The lowest BCUT2D eigenvalue weighted by atomic mass is 10.0. The standard InChI is InChI=1S/C26H26ClF3N4O3/c1-13-7-8-18(26(28,29)30)16(9-13)24(35)31-15-10-17(23-21(11-15)32-22(34-23)12-37-3)25(36)33-20-6-4-5-19(27)14(20)2/h4,6-11,19,22,32,34H,5,12H2,1-3H3,(H,31,35)(H,33,36). The van der Waals surface area contributed by atoms with E-state index < -0.39 is 29.1 Å². The minimum atomic E-state index is -4.71. The Hall–Kier alpha value is -3.50. The number of carbonyl (C=O) groups excluding carboxylic acids is 2. The van der Waals surface area contributed by atoms with E-state index in [1.165, 1.54) is 25.3 Å². The summed E-state index contributed by atoms with van der Waals surface area (Å²) in [5, 5.41) is 11.4. The fraction of sp³-hybridized carbons (Fsp3) is 0.308. The van der Waals surface area contributed by atoms with Gasteiger partial charge in [0.2, 0.25) is 0 Å². The maximum absolute atomic E-state index is 13.5. The van der Waals surface area contributed by atoms with Gasteiger partial charge in [0.05, 0.1) is 40.0 Å². The fourth-order valence-electron chi connectivity index (χ4n) is 4.21. The quantitative estimate of drug-likeness (QED) is 0.360. The number of nitrogens with one attached hydrogen (secondary N) is 4. The highest BCUT2D eigenvalue weighted by molar-refractivity contribution is 6.22. The van der Waals surface area contributed by atoms with Crippen LogP contribution in [-0.2, 0) is 10.9 Å². The van der Waals surface area contributed by atoms with Crippen LogP contribution in [0.15, 0.2) is 53.8 Å². The summed E-state index contributed by atoms with van der Waals surface area (Å²) in [5.41, 5.74) is 1.62. The first-order valence-electron chi connectivity index (χ1n) is 11.5. The molecule has 1 aliphatic heterocycles. The van der Waals surface area contributed by atoms with Crippen molar-refractivity contribution in [2.24, 2.45) is 0 Å². The van der Waals surface area contributed by atoms with Crippen molar-refractivity contribution in [2.75, 3.05) is 29.7 Å². The molecule has 0 spiro atoms. The van der Waals surface area contributed by atoms with Crippen molar-refractivity contribution in [3.05, 3.63) is 76.0 Å². The summed E-state index contributed by atoms with van der Waals surface area (Å²) in [5.74, 6) is -1.42. The Morgan fingerprint density at radius 3 is 2.51 bits per heavy atom. The minimum Gasteiger partial charge on any atom is -0.381 e. The molecule has 37 heavy (non-hydrogen) atoms. The van der Waals surface area contributed by atoms with E-state index in [0.29, 0.717) is 29.1 Å². The number of allylic oxidation sites excluding steroid dienone is 3. The highest BCUT2D eigenvalue weighted by atomic mass is 35.5. The van der Waals surface area contributed by atoms with Crippen molar-refractivity contribution in [3.63, 3.8) is 0 Å². The van der Waals surface area contributed by atoms with Crippen molar-refractivity contribution in [1.29, 1.82) is 0 Å². The van der Waals surface area contributed by atoms with Gasteiger partial charge in [0.1, 0.15) is 6.17 Å². The summed E-state index contributed by atoms with van der Waals surface area (Å²) >= 11 is 6.31. The van der Waals surface area contributed by atoms with Crippen LogP contribution in [0.25, 0.3) is 0 Å². The Balaban J connectivity index is 1.69. The van der Waals surface area contributed by atoms with Gasteiger partial charge < -0.3 is 26.0 Å². The van der Waals surface area contributed by atoms with E-state index in [2.05, 4.69) is 21.3 Å². The number of fused-ring (bicyclic) bond motifs is 1. The second kappa shape index (κ2) is 10.5. The molecule has 196 valence electrons. The second-order valence-corrected chi connectivity index (χ2v) is 9.43. The summed E-state index contributed by atoms with van der Waals surface area (Å²) in [7, 11) is 1.53. The molecule has 0 radical (unpaired) electrons. The number of rotatable bonds is 6. The number of carbonyl (C=O) groups is 2. The zero-order valence-corrected chi connectivity index (χ0v) is 21.1. The predicted octanol–water partition coefficient (Wildman–Crippen LogP) is 5.65. The molecule has 2 aliphatic rings. The van der Waals surface area contributed by atoms with Gasteiger partial charge in [0, 0.05) is 18.5 Å². The molecule has 4 rings (SSSR count). The van der Waals surface area contributed by atoms with Crippen LogP contribution >= 0.6 is 11.6 Å². The fourth-order valence-corrected chi connectivity index (χ4v) is 4.43. The minimum absolute atomic E-state index is 0.149. The van der Waals surface area contributed by atoms with Gasteiger partial charge in [0.15, 0.2) is 0 Å². The van der Waals surface area contributed by atoms with Crippen LogP contribution in [0.5, 0.6) is 0 Å². The van der Waals surface area contributed by atoms with E-state index in [-0.39, 0.29) is 29.4 Å². The highest BCUT2D eigenvalue weighted by Crippen LogP contribution is 2.37. The number of benzene rings is 2. The molecule has 0 saturated heterocycles. The number of hydrogen-bond donors (Lipinski definition) is 4. The molecule has 0 aromatic heterocycles. The third kappa shape index (κ3) is 5.75. The van der Waals surface area contributed by atoms with E-state index in [1.807, 2.05) is 13.0 Å². The monoisotopic (exact) mass is 534 g/mol. The number of aryl methyl sites for hydroxylation is 1. The van der Waals surface area contributed by atoms with Crippen molar-refractivity contribution in [1.82, 2.24) is 5.32 Å². The van der Waals surface area contributed by atoms with Crippen LogP contribution < -0.4 is 21.3 Å². The number of amides is 2. The molecular weight excluding hydrogens is 509 g/mol. The van der Waals surface area contributed by atoms with Crippen LogP contribution in [0.2, 0.25) is 0 Å². The smallest absolute Gasteiger partial charge is 0.381 e. The Kier molecular flexibility index (Phi) is 7.52. The molecule has 11 heteroatoms. The maximum Gasteiger partial charge on any atom is 0.417 e. The molecule has 0 bridgehead atoms. The normalized spacial score (nSPS) is 18.7. The molecule has 4 N–H and O–H groups in total. The van der Waals surface area contributed by atoms with E-state index >= 15 is 0 Å². The average Bonchev–Trinajstić information content (AvgIpc) is 3.23. The number of anilines is 3. The lowest BCUT2D eigenvalue weighted by Crippen LogP contribution is -2.29. The molecule has 1 heterocycles. The first-order chi connectivity index (χ1) is 17.5. The van der Waals surface area contributed by atoms with Crippen molar-refractivity contribution in [3.8, 4) is 0 Å². The van der Waals surface area contributed by atoms with E-state index in [9.17, 15) is 22.8 Å². The summed E-state index contributed by atoms with van der Waals surface area (Å²) < 4.78 is 45.8. The molecule has 0 saturated carbocycles. The van der Waals surface area contributed by atoms with Gasteiger partial charge in [-0.2, -0.15) is 13.2 Å². The van der Waals surface area contributed by atoms with E-state index in [0.717, 1.165) is 11.6 Å². The van der Waals surface area contributed by atoms with Gasteiger partial charge in [-0.25, -0.2) is 0 Å². The zero-order valence-electron chi connectivity index (χ0n) is 20.3. The maximum atomic E-state index is 13.5. The number of methoxy groups -OCH3 is 1. The van der Waals surface area contributed by atoms with Gasteiger partial charge >= 0.3 is 6.18 Å². The molecule has 7 nitrogen and oxygen atoms in total. The third-order valence-electron chi connectivity index (χ3n) is 6.12. The topological polar surface area (TPSA) is 91.5 Å². The Bertz CT molecular complexity index is 1310. The Morgan fingerprint density at radius 1 is 1.08 bits per heavy atom. The SMILES string of the molecule is COCC1Nc2cc(NC(=O)c3cc(C)ccc3C(F)(F)F)cc(C(=O)NC3=C(C)C(Cl)CC=C3)c2N1. The lowest BCUT2D eigenvalue weighted by Gasteiger charge is -2.19. The third-order valence-corrected chi connectivity index (χ3v) is 6.62. The molecular formula is C26H26ClF3N4O3. The molecule has 1 aliphatic carbocycles. The molecule has 2 aromatic carbocycles. The van der Waals surface area contributed by atoms with Crippen molar-refractivity contribution in [2.45, 2.75) is 38.0 Å². The van der Waals surface area contributed by atoms with Gasteiger partial charge in [-0.05, 0) is 56.2 Å². The van der Waals surface area contributed by atoms with Crippen molar-refractivity contribution >= 4 is 40.5 Å². The zero-order chi connectivity index (χ0) is 26.9. The number of halogens is 4. The molecule has 2 atom stereocenters. The Labute approximate surface area is 217 Å². The predicted molar refractivity (Wildman–Crippen MR) is 137 cm³/mol. The number of hydrogen-bond acceptors (Lipinski definition) is 5. The Morgan fingerprint density at radius 2 is 1.81 bits per heavy atom. The van der Waals surface area contributed by atoms with E-state index in [4.69, 9.17) is 16.3 Å². The largest absolute Gasteiger partial charge is 0.417 e. The van der Waals surface area contributed by atoms with Crippen LogP contribution in [0.4, 0.5) is 30.2 Å². The van der Waals surface area contributed by atoms with Crippen LogP contribution in [-0.4, -0.2) is 37.1 Å². The van der Waals surface area contributed by atoms with Crippen LogP contribution in [0.1, 0.15) is 45.2 Å². The molecule has 2 amide bonds. The van der Waals surface area contributed by atoms with Crippen LogP contribution in [0, 0.1) is 6.92 Å². The lowest BCUT2D eigenvalue weighted by molar-refractivity contribution is -0.137. The summed E-state index contributed by atoms with van der Waals surface area (Å²) in [4.78, 5) is 26.3. The average molecular weight is 535 g/mol. The van der Waals surface area contributed by atoms with Gasteiger partial charge in [0.25, 0.3) is 11.8 Å². The number of ether oxygens (including phenoxy) is 1. The first kappa shape index (κ1) is 26.6. The molecule has 2 aromatic rings.